The van der Waals surface area contributed by atoms with Crippen molar-refractivity contribution in [3.63, 3.8) is 0 Å². The van der Waals surface area contributed by atoms with Crippen molar-refractivity contribution in [3.8, 4) is 0 Å². The molecule has 13 heavy (non-hydrogen) atoms. The Balaban J connectivity index is 2.94. The Morgan fingerprint density at radius 3 is 2.85 bits per heavy atom. The topological polar surface area (TPSA) is 51.8 Å². The summed E-state index contributed by atoms with van der Waals surface area (Å²) in [4.78, 5) is 8.23. The molecule has 0 saturated carbocycles. The predicted octanol–water partition coefficient (Wildman–Crippen LogP) is 2.28. The Morgan fingerprint density at radius 1 is 1.31 bits per heavy atom. The maximum absolute atomic E-state index is 5.54. The van der Waals surface area contributed by atoms with Crippen LogP contribution >= 0.6 is 15.9 Å². The Hall–Kier alpha value is -1.16. The maximum atomic E-state index is 5.54. The van der Waals surface area contributed by atoms with E-state index >= 15 is 0 Å². The fourth-order valence-corrected chi connectivity index (χ4v) is 1.98. The van der Waals surface area contributed by atoms with Gasteiger partial charge in [-0.25, -0.2) is 9.97 Å². The molecule has 0 aliphatic heterocycles. The second-order valence-corrected chi connectivity index (χ2v) is 3.66. The lowest BCUT2D eigenvalue weighted by molar-refractivity contribution is 1.17. The molecule has 0 radical (unpaired) electrons. The number of rotatable bonds is 0. The molecule has 0 atom stereocenters. The molecule has 1 aromatic heterocycles. The summed E-state index contributed by atoms with van der Waals surface area (Å²) < 4.78 is 1.00. The number of benzene rings is 1. The number of fused-ring (bicyclic) bond motifs is 1. The molecule has 0 spiro atoms. The molecule has 0 amide bonds. The van der Waals surface area contributed by atoms with Crippen LogP contribution in [0.3, 0.4) is 0 Å². The summed E-state index contributed by atoms with van der Waals surface area (Å²) in [7, 11) is 0. The quantitative estimate of drug-likeness (QED) is 0.765. The molecule has 66 valence electrons. The molecular weight excluding hydrogens is 230 g/mol. The predicted molar refractivity (Wildman–Crippen MR) is 56.4 cm³/mol. The van der Waals surface area contributed by atoms with Crippen molar-refractivity contribution >= 4 is 32.8 Å². The molecule has 2 N–H and O–H groups in total. The van der Waals surface area contributed by atoms with E-state index in [9.17, 15) is 0 Å². The van der Waals surface area contributed by atoms with Crippen LogP contribution < -0.4 is 5.73 Å². The van der Waals surface area contributed by atoms with Crippen LogP contribution in [-0.2, 0) is 0 Å². The molecule has 0 bridgehead atoms. The number of nitrogen functional groups attached to an aromatic ring is 1. The number of nitrogens with two attached hydrogens (primary N) is 1. The van der Waals surface area contributed by atoms with Gasteiger partial charge in [0.25, 0.3) is 0 Å². The average molecular weight is 238 g/mol. The van der Waals surface area contributed by atoms with Crippen molar-refractivity contribution in [2.24, 2.45) is 0 Å². The molecule has 0 aliphatic rings. The van der Waals surface area contributed by atoms with E-state index in [1.807, 2.05) is 25.1 Å². The number of aryl methyl sites for hydroxylation is 1. The molecule has 0 saturated heterocycles. The van der Waals surface area contributed by atoms with Gasteiger partial charge in [0.1, 0.15) is 0 Å². The third-order valence-electron chi connectivity index (χ3n) is 1.87. The van der Waals surface area contributed by atoms with E-state index in [0.29, 0.717) is 5.95 Å². The van der Waals surface area contributed by atoms with Gasteiger partial charge in [-0.3, -0.25) is 0 Å². The highest BCUT2D eigenvalue weighted by Crippen LogP contribution is 2.24. The van der Waals surface area contributed by atoms with Gasteiger partial charge in [0.05, 0.1) is 11.2 Å². The minimum absolute atomic E-state index is 0.322. The van der Waals surface area contributed by atoms with Gasteiger partial charge in [0.2, 0.25) is 5.95 Å². The Kier molecular flexibility index (Phi) is 1.92. The first-order valence-electron chi connectivity index (χ1n) is 3.87. The smallest absolute Gasteiger partial charge is 0.220 e. The summed E-state index contributed by atoms with van der Waals surface area (Å²) in [6, 6.07) is 5.82. The normalized spacial score (nSPS) is 10.6. The molecule has 3 nitrogen and oxygen atoms in total. The molecule has 1 aromatic carbocycles. The van der Waals surface area contributed by atoms with Crippen LogP contribution in [-0.4, -0.2) is 9.97 Å². The molecule has 0 unspecified atom stereocenters. The third kappa shape index (κ3) is 1.37. The van der Waals surface area contributed by atoms with Crippen molar-refractivity contribution in [2.75, 3.05) is 5.73 Å². The molecule has 4 heteroatoms. The van der Waals surface area contributed by atoms with E-state index in [4.69, 9.17) is 5.73 Å². The molecule has 2 rings (SSSR count). The van der Waals surface area contributed by atoms with Gasteiger partial charge < -0.3 is 5.73 Å². The van der Waals surface area contributed by atoms with Crippen molar-refractivity contribution < 1.29 is 0 Å². The minimum atomic E-state index is 0.322. The van der Waals surface area contributed by atoms with Crippen LogP contribution in [0.2, 0.25) is 0 Å². The summed E-state index contributed by atoms with van der Waals surface area (Å²) in [6.45, 7) is 1.92. The second kappa shape index (κ2) is 2.96. The third-order valence-corrected chi connectivity index (χ3v) is 2.53. The summed E-state index contributed by atoms with van der Waals surface area (Å²) >= 11 is 3.45. The van der Waals surface area contributed by atoms with Gasteiger partial charge in [0.15, 0.2) is 0 Å². The van der Waals surface area contributed by atoms with E-state index in [0.717, 1.165) is 21.1 Å². The first kappa shape index (κ1) is 8.44. The van der Waals surface area contributed by atoms with Crippen LogP contribution in [0.5, 0.6) is 0 Å². The van der Waals surface area contributed by atoms with Gasteiger partial charge in [-0.05, 0) is 19.1 Å². The molecule has 1 heterocycles. The van der Waals surface area contributed by atoms with Crippen LogP contribution in [0.15, 0.2) is 22.7 Å². The fraction of sp³-hybridized carbons (Fsp3) is 0.111. The van der Waals surface area contributed by atoms with Crippen molar-refractivity contribution in [1.29, 1.82) is 0 Å². The van der Waals surface area contributed by atoms with E-state index < -0.39 is 0 Å². The highest BCUT2D eigenvalue weighted by molar-refractivity contribution is 9.10. The summed E-state index contributed by atoms with van der Waals surface area (Å²) in [5.41, 5.74) is 7.31. The largest absolute Gasteiger partial charge is 0.368 e. The monoisotopic (exact) mass is 237 g/mol. The number of nitrogens with zero attached hydrogens (tertiary/aromatic N) is 2. The lowest BCUT2D eigenvalue weighted by Crippen LogP contribution is -1.97. The van der Waals surface area contributed by atoms with Gasteiger partial charge in [-0.15, -0.1) is 0 Å². The Bertz CT molecular complexity index is 468. The fourth-order valence-electron chi connectivity index (χ4n) is 1.34. The maximum Gasteiger partial charge on any atom is 0.220 e. The van der Waals surface area contributed by atoms with Crippen LogP contribution in [0.25, 0.3) is 10.9 Å². The highest BCUT2D eigenvalue weighted by atomic mass is 79.9. The van der Waals surface area contributed by atoms with Gasteiger partial charge in [0, 0.05) is 9.86 Å². The van der Waals surface area contributed by atoms with Gasteiger partial charge in [-0.1, -0.05) is 22.0 Å². The standard InChI is InChI=1S/C9H8BrN3/c1-5-8-6(10)3-2-4-7(8)13-9(11)12-5/h2-4H,1H3,(H2,11,12,13). The summed E-state index contributed by atoms with van der Waals surface area (Å²) in [6.07, 6.45) is 0. The molecule has 0 aliphatic carbocycles. The van der Waals surface area contributed by atoms with Crippen molar-refractivity contribution in [3.05, 3.63) is 28.4 Å². The number of aromatic nitrogens is 2. The summed E-state index contributed by atoms with van der Waals surface area (Å²) in [5, 5.41) is 1.02. The first-order chi connectivity index (χ1) is 6.18. The van der Waals surface area contributed by atoms with Gasteiger partial charge in [-0.2, -0.15) is 0 Å². The molecular formula is C9H8BrN3. The first-order valence-corrected chi connectivity index (χ1v) is 4.66. The van der Waals surface area contributed by atoms with Crippen molar-refractivity contribution in [2.45, 2.75) is 6.92 Å². The Labute approximate surface area is 84.1 Å². The zero-order valence-electron chi connectivity index (χ0n) is 7.08. The van der Waals surface area contributed by atoms with Crippen LogP contribution in [0, 0.1) is 6.92 Å². The zero-order valence-corrected chi connectivity index (χ0v) is 8.67. The van der Waals surface area contributed by atoms with Gasteiger partial charge >= 0.3 is 0 Å². The zero-order chi connectivity index (χ0) is 9.42. The van der Waals surface area contributed by atoms with E-state index in [-0.39, 0.29) is 0 Å². The van der Waals surface area contributed by atoms with E-state index in [1.165, 1.54) is 0 Å². The number of hydrogen-bond donors (Lipinski definition) is 1. The van der Waals surface area contributed by atoms with E-state index in [2.05, 4.69) is 25.9 Å². The SMILES string of the molecule is Cc1nc(N)nc2cccc(Br)c12. The van der Waals surface area contributed by atoms with Crippen LogP contribution in [0.1, 0.15) is 5.69 Å². The van der Waals surface area contributed by atoms with E-state index in [1.54, 1.807) is 0 Å². The number of anilines is 1. The van der Waals surface area contributed by atoms with Crippen LogP contribution in [0.4, 0.5) is 5.95 Å². The second-order valence-electron chi connectivity index (χ2n) is 2.80. The minimum Gasteiger partial charge on any atom is -0.368 e. The lowest BCUT2D eigenvalue weighted by Gasteiger charge is -2.03. The Morgan fingerprint density at radius 2 is 2.08 bits per heavy atom. The van der Waals surface area contributed by atoms with Crippen molar-refractivity contribution in [1.82, 2.24) is 9.97 Å². The molecule has 2 aromatic rings. The molecule has 0 fully saturated rings. The number of halogens is 1. The number of hydrogen-bond acceptors (Lipinski definition) is 3. The average Bonchev–Trinajstić information content (AvgIpc) is 2.02. The highest BCUT2D eigenvalue weighted by Gasteiger charge is 2.04. The lowest BCUT2D eigenvalue weighted by atomic mass is 10.2. The summed E-state index contributed by atoms with van der Waals surface area (Å²) in [5.74, 6) is 0.322.